The van der Waals surface area contributed by atoms with Crippen LogP contribution in [0.15, 0.2) is 0 Å². The zero-order valence-corrected chi connectivity index (χ0v) is 16.4. The van der Waals surface area contributed by atoms with E-state index in [1.165, 1.54) is 0 Å². The fourth-order valence-corrected chi connectivity index (χ4v) is 4.48. The van der Waals surface area contributed by atoms with Gasteiger partial charge in [0.15, 0.2) is 6.19 Å². The predicted molar refractivity (Wildman–Crippen MR) is 99.3 cm³/mol. The number of nitrogens with one attached hydrogen (secondary N) is 1. The SMILES string of the molecule is CC(C)OC1CCC(C(C)CN2CCN3CCN(C#N)C[C@@H]3C2=O)NC1. The van der Waals surface area contributed by atoms with Crippen LogP contribution in [0.2, 0.25) is 0 Å². The van der Waals surface area contributed by atoms with Crippen LogP contribution >= 0.6 is 0 Å². The van der Waals surface area contributed by atoms with Gasteiger partial charge in [-0.25, -0.2) is 0 Å². The molecule has 0 aliphatic carbocycles. The Balaban J connectivity index is 1.49. The van der Waals surface area contributed by atoms with Crippen molar-refractivity contribution in [3.8, 4) is 6.19 Å². The van der Waals surface area contributed by atoms with Gasteiger partial charge in [0.25, 0.3) is 0 Å². The Labute approximate surface area is 157 Å². The smallest absolute Gasteiger partial charge is 0.241 e. The number of ether oxygens (including phenoxy) is 1. The molecule has 0 spiro atoms. The van der Waals surface area contributed by atoms with Gasteiger partial charge in [0.1, 0.15) is 6.04 Å². The number of hydrogen-bond donors (Lipinski definition) is 1. The van der Waals surface area contributed by atoms with Gasteiger partial charge in [-0.1, -0.05) is 6.92 Å². The molecule has 3 heterocycles. The molecule has 3 rings (SSSR count). The molecule has 0 aromatic rings. The van der Waals surface area contributed by atoms with E-state index in [4.69, 9.17) is 10.00 Å². The van der Waals surface area contributed by atoms with E-state index in [0.29, 0.717) is 24.6 Å². The molecule has 3 fully saturated rings. The molecule has 7 nitrogen and oxygen atoms in total. The molecule has 7 heteroatoms. The average molecular weight is 364 g/mol. The Bertz CT molecular complexity index is 527. The molecule has 3 saturated heterocycles. The molecule has 3 unspecified atom stereocenters. The summed E-state index contributed by atoms with van der Waals surface area (Å²) in [5, 5.41) is 12.8. The maximum Gasteiger partial charge on any atom is 0.241 e. The van der Waals surface area contributed by atoms with Crippen molar-refractivity contribution in [2.45, 2.75) is 57.9 Å². The molecule has 26 heavy (non-hydrogen) atoms. The Morgan fingerprint density at radius 3 is 2.65 bits per heavy atom. The third-order valence-electron chi connectivity index (χ3n) is 5.95. The van der Waals surface area contributed by atoms with E-state index >= 15 is 0 Å². The minimum absolute atomic E-state index is 0.146. The standard InChI is InChI=1S/C19H33N5O2/c1-14(2)26-16-4-5-17(21-10-16)15(3)11-24-9-8-23-7-6-22(13-20)12-18(23)19(24)25/h14-18,21H,4-12H2,1-3H3/t15?,16?,17?,18-/m1/s1. The first-order valence-corrected chi connectivity index (χ1v) is 10.0. The number of hydrogen-bond acceptors (Lipinski definition) is 6. The van der Waals surface area contributed by atoms with Gasteiger partial charge in [-0.15, -0.1) is 0 Å². The number of fused-ring (bicyclic) bond motifs is 1. The Kier molecular flexibility index (Phi) is 6.38. The third kappa shape index (κ3) is 4.48. The molecule has 0 bridgehead atoms. The molecule has 3 aliphatic heterocycles. The largest absolute Gasteiger partial charge is 0.374 e. The zero-order chi connectivity index (χ0) is 18.7. The fraction of sp³-hybridized carbons (Fsp3) is 0.895. The molecule has 1 amide bonds. The number of nitriles is 1. The van der Waals surface area contributed by atoms with Gasteiger partial charge in [0.05, 0.1) is 18.8 Å². The molecular weight excluding hydrogens is 330 g/mol. The minimum Gasteiger partial charge on any atom is -0.374 e. The van der Waals surface area contributed by atoms with Crippen molar-refractivity contribution in [3.63, 3.8) is 0 Å². The van der Waals surface area contributed by atoms with Crippen molar-refractivity contribution in [2.75, 3.05) is 45.8 Å². The van der Waals surface area contributed by atoms with Crippen molar-refractivity contribution in [2.24, 2.45) is 5.92 Å². The molecule has 3 aliphatic rings. The molecule has 0 radical (unpaired) electrons. The van der Waals surface area contributed by atoms with Crippen molar-refractivity contribution in [1.82, 2.24) is 20.0 Å². The zero-order valence-electron chi connectivity index (χ0n) is 16.4. The monoisotopic (exact) mass is 363 g/mol. The van der Waals surface area contributed by atoms with E-state index in [2.05, 4.69) is 37.2 Å². The minimum atomic E-state index is -0.146. The van der Waals surface area contributed by atoms with Gasteiger partial charge < -0.3 is 19.9 Å². The van der Waals surface area contributed by atoms with Crippen LogP contribution in [0.25, 0.3) is 0 Å². The van der Waals surface area contributed by atoms with Crippen molar-refractivity contribution >= 4 is 5.91 Å². The van der Waals surface area contributed by atoms with Crippen molar-refractivity contribution in [3.05, 3.63) is 0 Å². The summed E-state index contributed by atoms with van der Waals surface area (Å²) in [5.74, 6) is 0.612. The number of piperidine rings is 1. The number of carbonyl (C=O) groups excluding carboxylic acids is 1. The van der Waals surface area contributed by atoms with E-state index in [1.54, 1.807) is 4.90 Å². The van der Waals surface area contributed by atoms with Crippen LogP contribution in [0.3, 0.4) is 0 Å². The Morgan fingerprint density at radius 2 is 2.00 bits per heavy atom. The lowest BCUT2D eigenvalue weighted by molar-refractivity contribution is -0.145. The van der Waals surface area contributed by atoms with Gasteiger partial charge in [0, 0.05) is 45.3 Å². The number of piperazine rings is 2. The molecule has 4 atom stereocenters. The summed E-state index contributed by atoms with van der Waals surface area (Å²) in [6, 6.07) is 0.294. The fourth-order valence-electron chi connectivity index (χ4n) is 4.48. The van der Waals surface area contributed by atoms with E-state index in [9.17, 15) is 4.79 Å². The second-order valence-electron chi connectivity index (χ2n) is 8.26. The second kappa shape index (κ2) is 8.55. The average Bonchev–Trinajstić information content (AvgIpc) is 2.64. The first kappa shape index (κ1) is 19.4. The summed E-state index contributed by atoms with van der Waals surface area (Å²) in [7, 11) is 0. The quantitative estimate of drug-likeness (QED) is 0.717. The van der Waals surface area contributed by atoms with Crippen molar-refractivity contribution in [1.29, 1.82) is 5.26 Å². The number of rotatable bonds is 5. The summed E-state index contributed by atoms with van der Waals surface area (Å²) in [6.07, 6.45) is 4.96. The molecule has 0 saturated carbocycles. The topological polar surface area (TPSA) is 71.8 Å². The van der Waals surface area contributed by atoms with Gasteiger partial charge in [-0.2, -0.15) is 5.26 Å². The van der Waals surface area contributed by atoms with E-state index in [0.717, 1.165) is 52.1 Å². The third-order valence-corrected chi connectivity index (χ3v) is 5.95. The summed E-state index contributed by atoms with van der Waals surface area (Å²) in [6.45, 7) is 11.9. The lowest BCUT2D eigenvalue weighted by atomic mass is 9.91. The maximum atomic E-state index is 12.9. The van der Waals surface area contributed by atoms with Crippen LogP contribution in [0.5, 0.6) is 0 Å². The highest BCUT2D eigenvalue weighted by molar-refractivity contribution is 5.83. The Morgan fingerprint density at radius 1 is 1.23 bits per heavy atom. The lowest BCUT2D eigenvalue weighted by Crippen LogP contribution is -2.64. The van der Waals surface area contributed by atoms with Gasteiger partial charge in [-0.05, 0) is 32.6 Å². The van der Waals surface area contributed by atoms with Crippen LogP contribution < -0.4 is 5.32 Å². The predicted octanol–water partition coefficient (Wildman–Crippen LogP) is 0.478. The van der Waals surface area contributed by atoms with Gasteiger partial charge in [0.2, 0.25) is 5.91 Å². The molecule has 1 N–H and O–H groups in total. The second-order valence-corrected chi connectivity index (χ2v) is 8.26. The van der Waals surface area contributed by atoms with Gasteiger partial charge in [-0.3, -0.25) is 9.69 Å². The number of nitrogens with zero attached hydrogens (tertiary/aromatic N) is 4. The summed E-state index contributed by atoms with van der Waals surface area (Å²) < 4.78 is 5.90. The maximum absolute atomic E-state index is 12.9. The lowest BCUT2D eigenvalue weighted by Gasteiger charge is -2.46. The van der Waals surface area contributed by atoms with Crippen molar-refractivity contribution < 1.29 is 9.53 Å². The highest BCUT2D eigenvalue weighted by atomic mass is 16.5. The summed E-state index contributed by atoms with van der Waals surface area (Å²) >= 11 is 0. The molecular formula is C19H33N5O2. The highest BCUT2D eigenvalue weighted by Gasteiger charge is 2.39. The molecule has 0 aromatic carbocycles. The number of amides is 1. The molecule has 146 valence electrons. The van der Waals surface area contributed by atoms with Crippen LogP contribution in [-0.2, 0) is 9.53 Å². The summed E-state index contributed by atoms with van der Waals surface area (Å²) in [4.78, 5) is 18.9. The van der Waals surface area contributed by atoms with Crippen LogP contribution in [0, 0.1) is 17.4 Å². The van der Waals surface area contributed by atoms with Gasteiger partial charge >= 0.3 is 0 Å². The van der Waals surface area contributed by atoms with Crippen LogP contribution in [0.4, 0.5) is 0 Å². The van der Waals surface area contributed by atoms with E-state index < -0.39 is 0 Å². The van der Waals surface area contributed by atoms with Crippen LogP contribution in [-0.4, -0.2) is 90.7 Å². The normalized spacial score (nSPS) is 31.7. The molecule has 0 aromatic heterocycles. The Hall–Kier alpha value is -1.36. The van der Waals surface area contributed by atoms with E-state index in [1.807, 2.05) is 4.90 Å². The van der Waals surface area contributed by atoms with Crippen LogP contribution in [0.1, 0.15) is 33.6 Å². The first-order chi connectivity index (χ1) is 12.5. The summed E-state index contributed by atoms with van der Waals surface area (Å²) in [5.41, 5.74) is 0. The first-order valence-electron chi connectivity index (χ1n) is 10.0. The van der Waals surface area contributed by atoms with E-state index in [-0.39, 0.29) is 18.1 Å². The number of carbonyl (C=O) groups is 1. The highest BCUT2D eigenvalue weighted by Crippen LogP contribution is 2.22.